The third kappa shape index (κ3) is 4.30. The van der Waals surface area contributed by atoms with Gasteiger partial charge in [-0.15, -0.1) is 0 Å². The van der Waals surface area contributed by atoms with Gasteiger partial charge in [0.1, 0.15) is 5.03 Å². The molecule has 1 amide bonds. The van der Waals surface area contributed by atoms with E-state index in [1.165, 1.54) is 11.8 Å². The molecule has 0 aliphatic carbocycles. The fraction of sp³-hybridized carbons (Fsp3) is 0.0500. The van der Waals surface area contributed by atoms with Crippen LogP contribution in [0.3, 0.4) is 0 Å². The predicted molar refractivity (Wildman–Crippen MR) is 114 cm³/mol. The first-order valence-electron chi connectivity index (χ1n) is 8.38. The summed E-state index contributed by atoms with van der Waals surface area (Å²) in [6, 6.07) is 18.6. The third-order valence-corrected chi connectivity index (χ3v) is 5.58. The Hall–Kier alpha value is -2.54. The zero-order valence-corrected chi connectivity index (χ0v) is 16.8. The first kappa shape index (κ1) is 18.8. The Morgan fingerprint density at radius 3 is 2.64 bits per heavy atom. The maximum absolute atomic E-state index is 12.2. The second-order valence-electron chi connectivity index (χ2n) is 5.93. The average Bonchev–Trinajstić information content (AvgIpc) is 3.13. The van der Waals surface area contributed by atoms with Crippen LogP contribution in [0.1, 0.15) is 0 Å². The molecule has 0 aliphatic rings. The van der Waals surface area contributed by atoms with Crippen molar-refractivity contribution in [2.45, 2.75) is 5.03 Å². The van der Waals surface area contributed by atoms with Crippen LogP contribution in [-0.2, 0) is 4.79 Å². The highest BCUT2D eigenvalue weighted by Gasteiger charge is 2.09. The van der Waals surface area contributed by atoms with E-state index < -0.39 is 0 Å². The fourth-order valence-corrected chi connectivity index (χ4v) is 3.56. The highest BCUT2D eigenvalue weighted by molar-refractivity contribution is 7.99. The second-order valence-corrected chi connectivity index (χ2v) is 7.74. The Morgan fingerprint density at radius 1 is 1.04 bits per heavy atom. The molecule has 2 heterocycles. The Balaban J connectivity index is 1.43. The van der Waals surface area contributed by atoms with Gasteiger partial charge in [-0.2, -0.15) is 5.10 Å². The van der Waals surface area contributed by atoms with Crippen LogP contribution in [0.15, 0.2) is 71.9 Å². The van der Waals surface area contributed by atoms with E-state index in [0.717, 1.165) is 21.9 Å². The molecular formula is C20H14Cl2N4OS. The largest absolute Gasteiger partial charge is 0.325 e. The van der Waals surface area contributed by atoms with Gasteiger partial charge in [-0.25, -0.2) is 9.50 Å². The molecule has 4 rings (SSSR count). The molecule has 28 heavy (non-hydrogen) atoms. The minimum atomic E-state index is -0.152. The number of rotatable bonds is 5. The number of amides is 1. The molecule has 0 bridgehead atoms. The summed E-state index contributed by atoms with van der Waals surface area (Å²) in [5.41, 5.74) is 3.24. The van der Waals surface area contributed by atoms with Crippen LogP contribution >= 0.6 is 35.0 Å². The number of anilines is 1. The van der Waals surface area contributed by atoms with Gasteiger partial charge in [-0.05, 0) is 30.3 Å². The van der Waals surface area contributed by atoms with Gasteiger partial charge in [-0.3, -0.25) is 4.79 Å². The summed E-state index contributed by atoms with van der Waals surface area (Å²) in [5, 5.41) is 8.89. The molecule has 1 N–H and O–H groups in total. The van der Waals surface area contributed by atoms with Crippen molar-refractivity contribution in [3.05, 3.63) is 76.9 Å². The monoisotopic (exact) mass is 428 g/mol. The van der Waals surface area contributed by atoms with Gasteiger partial charge < -0.3 is 5.32 Å². The first-order chi connectivity index (χ1) is 13.6. The van der Waals surface area contributed by atoms with Gasteiger partial charge in [0.05, 0.1) is 27.7 Å². The van der Waals surface area contributed by atoms with Crippen molar-refractivity contribution in [3.63, 3.8) is 0 Å². The van der Waals surface area contributed by atoms with Crippen LogP contribution in [0.2, 0.25) is 10.0 Å². The Morgan fingerprint density at radius 2 is 1.86 bits per heavy atom. The highest BCUT2D eigenvalue weighted by atomic mass is 35.5. The summed E-state index contributed by atoms with van der Waals surface area (Å²) in [6.07, 6.45) is 1.88. The maximum atomic E-state index is 12.2. The lowest BCUT2D eigenvalue weighted by molar-refractivity contribution is -0.113. The standard InChI is InChI=1S/C20H14Cl2N4OS/c21-15-7-6-14(10-16(15)22)23-19(27)12-28-20-9-8-18-24-17(11-26(18)25-20)13-4-2-1-3-5-13/h1-11H,12H2,(H,23,27). The number of fused-ring (bicyclic) bond motifs is 1. The molecule has 0 spiro atoms. The van der Waals surface area contributed by atoms with Crippen LogP contribution in [0, 0.1) is 0 Å². The van der Waals surface area contributed by atoms with Gasteiger partial charge in [0.2, 0.25) is 5.91 Å². The van der Waals surface area contributed by atoms with Gasteiger partial charge in [0, 0.05) is 11.3 Å². The molecule has 0 atom stereocenters. The number of benzene rings is 2. The van der Waals surface area contributed by atoms with Gasteiger partial charge in [0.25, 0.3) is 0 Å². The van der Waals surface area contributed by atoms with E-state index in [0.29, 0.717) is 15.7 Å². The van der Waals surface area contributed by atoms with Crippen molar-refractivity contribution in [1.82, 2.24) is 14.6 Å². The van der Waals surface area contributed by atoms with E-state index in [9.17, 15) is 4.79 Å². The van der Waals surface area contributed by atoms with Gasteiger partial charge >= 0.3 is 0 Å². The van der Waals surface area contributed by atoms with E-state index >= 15 is 0 Å². The van der Waals surface area contributed by atoms with Gasteiger partial charge in [0.15, 0.2) is 5.65 Å². The molecule has 5 nitrogen and oxygen atoms in total. The maximum Gasteiger partial charge on any atom is 0.234 e. The summed E-state index contributed by atoms with van der Waals surface area (Å²) < 4.78 is 1.72. The number of carbonyl (C=O) groups excluding carboxylic acids is 1. The summed E-state index contributed by atoms with van der Waals surface area (Å²) in [6.45, 7) is 0. The number of imidazole rings is 1. The fourth-order valence-electron chi connectivity index (χ4n) is 2.60. The average molecular weight is 429 g/mol. The number of hydrogen-bond donors (Lipinski definition) is 1. The summed E-state index contributed by atoms with van der Waals surface area (Å²) in [7, 11) is 0. The number of thioether (sulfide) groups is 1. The number of halogens is 2. The normalized spacial score (nSPS) is 10.9. The van der Waals surface area contributed by atoms with Gasteiger partial charge in [-0.1, -0.05) is 65.3 Å². The van der Waals surface area contributed by atoms with Crippen molar-refractivity contribution >= 4 is 52.2 Å². The zero-order valence-electron chi connectivity index (χ0n) is 14.5. The lowest BCUT2D eigenvalue weighted by atomic mass is 10.2. The number of aromatic nitrogens is 3. The smallest absolute Gasteiger partial charge is 0.234 e. The second kappa shape index (κ2) is 8.22. The van der Waals surface area contributed by atoms with E-state index in [-0.39, 0.29) is 11.7 Å². The van der Waals surface area contributed by atoms with E-state index in [2.05, 4.69) is 15.4 Å². The Labute approximate surface area is 175 Å². The summed E-state index contributed by atoms with van der Waals surface area (Å²) in [4.78, 5) is 16.8. The van der Waals surface area contributed by atoms with Crippen molar-refractivity contribution in [3.8, 4) is 11.3 Å². The quantitative estimate of drug-likeness (QED) is 0.430. The molecule has 8 heteroatoms. The van der Waals surface area contributed by atoms with Crippen LogP contribution in [0.25, 0.3) is 16.9 Å². The van der Waals surface area contributed by atoms with Crippen molar-refractivity contribution in [2.24, 2.45) is 0 Å². The minimum absolute atomic E-state index is 0.152. The molecule has 0 aliphatic heterocycles. The predicted octanol–water partition coefficient (Wildman–Crippen LogP) is 5.43. The van der Waals surface area contributed by atoms with Crippen molar-refractivity contribution < 1.29 is 4.79 Å². The summed E-state index contributed by atoms with van der Waals surface area (Å²) in [5.74, 6) is 0.0693. The molecule has 0 radical (unpaired) electrons. The number of nitrogens with zero attached hydrogens (tertiary/aromatic N) is 3. The molecular weight excluding hydrogens is 415 g/mol. The number of carbonyl (C=O) groups is 1. The number of hydrogen-bond acceptors (Lipinski definition) is 4. The Kier molecular flexibility index (Phi) is 5.52. The molecule has 0 unspecified atom stereocenters. The molecule has 4 aromatic rings. The SMILES string of the molecule is O=C(CSc1ccc2nc(-c3ccccc3)cn2n1)Nc1ccc(Cl)c(Cl)c1. The summed E-state index contributed by atoms with van der Waals surface area (Å²) >= 11 is 13.2. The molecule has 2 aromatic heterocycles. The van der Waals surface area contributed by atoms with Crippen LogP contribution in [-0.4, -0.2) is 26.3 Å². The van der Waals surface area contributed by atoms with Crippen LogP contribution < -0.4 is 5.32 Å². The molecule has 2 aromatic carbocycles. The number of nitrogens with one attached hydrogen (secondary N) is 1. The minimum Gasteiger partial charge on any atom is -0.325 e. The van der Waals surface area contributed by atoms with Crippen LogP contribution in [0.4, 0.5) is 5.69 Å². The molecule has 0 fully saturated rings. The van der Waals surface area contributed by atoms with Crippen LogP contribution in [0.5, 0.6) is 0 Å². The Bertz CT molecular complexity index is 1150. The highest BCUT2D eigenvalue weighted by Crippen LogP contribution is 2.25. The third-order valence-electron chi connectivity index (χ3n) is 3.92. The lowest BCUT2D eigenvalue weighted by Gasteiger charge is -2.06. The van der Waals surface area contributed by atoms with Crippen molar-refractivity contribution in [2.75, 3.05) is 11.1 Å². The van der Waals surface area contributed by atoms with E-state index in [1.54, 1.807) is 22.7 Å². The molecule has 0 saturated carbocycles. The lowest BCUT2D eigenvalue weighted by Crippen LogP contribution is -2.14. The van der Waals surface area contributed by atoms with E-state index in [4.69, 9.17) is 23.2 Å². The van der Waals surface area contributed by atoms with Crippen molar-refractivity contribution in [1.29, 1.82) is 0 Å². The van der Waals surface area contributed by atoms with E-state index in [1.807, 2.05) is 48.7 Å². The first-order valence-corrected chi connectivity index (χ1v) is 10.1. The molecule has 0 saturated heterocycles. The topological polar surface area (TPSA) is 59.3 Å². The molecule has 140 valence electrons. The zero-order chi connectivity index (χ0) is 19.5.